The topological polar surface area (TPSA) is 56.9 Å². The van der Waals surface area contributed by atoms with Gasteiger partial charge in [-0.15, -0.1) is 0 Å². The molecule has 2 aromatic heterocycles. The third kappa shape index (κ3) is 2.29. The van der Waals surface area contributed by atoms with Crippen LogP contribution in [0.15, 0.2) is 40.3 Å². The van der Waals surface area contributed by atoms with Crippen molar-refractivity contribution in [3.8, 4) is 0 Å². The van der Waals surface area contributed by atoms with Gasteiger partial charge in [-0.3, -0.25) is 14.3 Å². The number of aromatic nitrogens is 3. The molecule has 2 rings (SSSR count). The number of hydrogen-bond acceptors (Lipinski definition) is 3. The molecule has 2 heterocycles. The number of hydrogen-bond donors (Lipinski definition) is 0. The molecule has 0 aliphatic heterocycles. The second-order valence-corrected chi connectivity index (χ2v) is 4.01. The third-order valence-electron chi connectivity index (χ3n) is 2.42. The van der Waals surface area contributed by atoms with E-state index < -0.39 is 0 Å². The Kier molecular flexibility index (Phi) is 3.10. The van der Waals surface area contributed by atoms with Crippen molar-refractivity contribution in [3.63, 3.8) is 0 Å². The largest absolute Gasteiger partial charge is 0.331 e. The lowest BCUT2D eigenvalue weighted by Gasteiger charge is -2.07. The van der Waals surface area contributed by atoms with Crippen LogP contribution in [-0.2, 0) is 13.6 Å². The van der Waals surface area contributed by atoms with E-state index >= 15 is 0 Å². The highest BCUT2D eigenvalue weighted by Gasteiger charge is 2.06. The van der Waals surface area contributed by atoms with Crippen molar-refractivity contribution in [1.29, 1.82) is 0 Å². The van der Waals surface area contributed by atoms with Crippen molar-refractivity contribution in [2.45, 2.75) is 6.54 Å². The molecule has 0 aliphatic rings. The van der Waals surface area contributed by atoms with Gasteiger partial charge in [0, 0.05) is 31.7 Å². The lowest BCUT2D eigenvalue weighted by atomic mass is 10.2. The van der Waals surface area contributed by atoms with Crippen LogP contribution in [-0.4, -0.2) is 14.1 Å². The maximum atomic E-state index is 11.8. The summed E-state index contributed by atoms with van der Waals surface area (Å²) in [6, 6.07) is 3.03. The summed E-state index contributed by atoms with van der Waals surface area (Å²) in [6.45, 7) is 0.147. The Bertz CT molecular complexity index is 660. The molecule has 0 radical (unpaired) electrons. The predicted molar refractivity (Wildman–Crippen MR) is 64.3 cm³/mol. The van der Waals surface area contributed by atoms with Crippen molar-refractivity contribution in [3.05, 3.63) is 62.1 Å². The first-order chi connectivity index (χ1) is 8.09. The minimum atomic E-state index is -0.370. The van der Waals surface area contributed by atoms with E-state index in [9.17, 15) is 9.59 Å². The summed E-state index contributed by atoms with van der Waals surface area (Å²) in [5.41, 5.74) is -0.0292. The van der Waals surface area contributed by atoms with Gasteiger partial charge in [-0.2, -0.15) is 0 Å². The lowest BCUT2D eigenvalue weighted by Crippen LogP contribution is -2.38. The Morgan fingerprint density at radius 2 is 2.12 bits per heavy atom. The van der Waals surface area contributed by atoms with Crippen LogP contribution in [0.1, 0.15) is 5.56 Å². The number of aryl methyl sites for hydroxylation is 1. The van der Waals surface area contributed by atoms with Crippen LogP contribution in [0, 0.1) is 0 Å². The van der Waals surface area contributed by atoms with Crippen molar-refractivity contribution >= 4 is 11.6 Å². The van der Waals surface area contributed by atoms with Crippen LogP contribution in [0.3, 0.4) is 0 Å². The smallest absolute Gasteiger partial charge is 0.303 e. The Morgan fingerprint density at radius 1 is 1.35 bits per heavy atom. The average Bonchev–Trinajstić information content (AvgIpc) is 2.32. The van der Waals surface area contributed by atoms with Gasteiger partial charge in [-0.1, -0.05) is 11.6 Å². The van der Waals surface area contributed by atoms with Crippen molar-refractivity contribution in [1.82, 2.24) is 14.1 Å². The molecule has 0 saturated heterocycles. The maximum Gasteiger partial charge on any atom is 0.331 e. The van der Waals surface area contributed by atoms with Crippen molar-refractivity contribution < 1.29 is 0 Å². The van der Waals surface area contributed by atoms with Crippen LogP contribution in [0.4, 0.5) is 0 Å². The van der Waals surface area contributed by atoms with Gasteiger partial charge in [-0.25, -0.2) is 4.79 Å². The molecule has 0 spiro atoms. The summed E-state index contributed by atoms with van der Waals surface area (Å²) in [7, 11) is 1.59. The van der Waals surface area contributed by atoms with Gasteiger partial charge < -0.3 is 4.57 Å². The number of halogens is 1. The predicted octanol–water partition coefficient (Wildman–Crippen LogP) is 0.644. The molecule has 0 aromatic carbocycles. The Morgan fingerprint density at radius 3 is 2.82 bits per heavy atom. The van der Waals surface area contributed by atoms with Gasteiger partial charge in [0.05, 0.1) is 11.6 Å². The first-order valence-corrected chi connectivity index (χ1v) is 5.32. The molecule has 0 amide bonds. The normalized spacial score (nSPS) is 10.5. The van der Waals surface area contributed by atoms with E-state index in [1.807, 2.05) is 0 Å². The third-order valence-corrected chi connectivity index (χ3v) is 2.76. The van der Waals surface area contributed by atoms with E-state index in [4.69, 9.17) is 11.6 Å². The first-order valence-electron chi connectivity index (χ1n) is 4.94. The van der Waals surface area contributed by atoms with Gasteiger partial charge in [0.2, 0.25) is 0 Å². The Balaban J connectivity index is 2.51. The average molecular weight is 252 g/mol. The zero-order valence-corrected chi connectivity index (χ0v) is 9.89. The van der Waals surface area contributed by atoms with Gasteiger partial charge in [0.25, 0.3) is 5.56 Å². The second kappa shape index (κ2) is 4.55. The van der Waals surface area contributed by atoms with Crippen molar-refractivity contribution in [2.75, 3.05) is 0 Å². The van der Waals surface area contributed by atoms with Gasteiger partial charge in [-0.05, 0) is 11.6 Å². The Hall–Kier alpha value is -1.88. The zero-order chi connectivity index (χ0) is 12.4. The Labute approximate surface area is 102 Å². The molecule has 0 unspecified atom stereocenters. The molecule has 17 heavy (non-hydrogen) atoms. The molecular formula is C11H10ClN3O2. The standard InChI is InChI=1S/C11H10ClN3O2/c1-14-5-3-10(16)15(11(14)17)7-8-2-4-13-6-9(8)12/h2-6H,7H2,1H3. The zero-order valence-electron chi connectivity index (χ0n) is 9.13. The van der Waals surface area contributed by atoms with Crippen LogP contribution < -0.4 is 11.2 Å². The minimum absolute atomic E-state index is 0.147. The summed E-state index contributed by atoms with van der Waals surface area (Å²) in [6.07, 6.45) is 4.49. The molecule has 0 N–H and O–H groups in total. The molecule has 6 heteroatoms. The maximum absolute atomic E-state index is 11.8. The number of pyridine rings is 1. The molecular weight excluding hydrogens is 242 g/mol. The highest BCUT2D eigenvalue weighted by atomic mass is 35.5. The van der Waals surface area contributed by atoms with Crippen molar-refractivity contribution in [2.24, 2.45) is 7.05 Å². The van der Waals surface area contributed by atoms with E-state index in [1.165, 1.54) is 23.0 Å². The highest BCUT2D eigenvalue weighted by molar-refractivity contribution is 6.31. The number of nitrogens with zero attached hydrogens (tertiary/aromatic N) is 3. The SMILES string of the molecule is Cn1ccc(=O)n(Cc2ccncc2Cl)c1=O. The second-order valence-electron chi connectivity index (χ2n) is 3.60. The fourth-order valence-electron chi connectivity index (χ4n) is 1.46. The fourth-order valence-corrected chi connectivity index (χ4v) is 1.64. The van der Waals surface area contributed by atoms with E-state index in [-0.39, 0.29) is 17.8 Å². The van der Waals surface area contributed by atoms with E-state index in [2.05, 4.69) is 4.98 Å². The lowest BCUT2D eigenvalue weighted by molar-refractivity contribution is 0.639. The van der Waals surface area contributed by atoms with Crippen LogP contribution in [0.2, 0.25) is 5.02 Å². The molecule has 0 fully saturated rings. The fraction of sp³-hybridized carbons (Fsp3) is 0.182. The molecule has 0 aliphatic carbocycles. The van der Waals surface area contributed by atoms with E-state index in [1.54, 1.807) is 19.3 Å². The molecule has 0 bridgehead atoms. The molecule has 88 valence electrons. The summed E-state index contributed by atoms with van der Waals surface area (Å²) in [4.78, 5) is 27.2. The summed E-state index contributed by atoms with van der Waals surface area (Å²) >= 11 is 5.93. The summed E-state index contributed by atoms with van der Waals surface area (Å²) < 4.78 is 2.47. The van der Waals surface area contributed by atoms with E-state index in [0.717, 1.165) is 4.57 Å². The first kappa shape index (κ1) is 11.6. The molecule has 2 aromatic rings. The van der Waals surface area contributed by atoms with E-state index in [0.29, 0.717) is 10.6 Å². The van der Waals surface area contributed by atoms with Crippen LogP contribution in [0.5, 0.6) is 0 Å². The minimum Gasteiger partial charge on any atom is -0.303 e. The summed E-state index contributed by atoms with van der Waals surface area (Å²) in [5.74, 6) is 0. The van der Waals surface area contributed by atoms with Crippen LogP contribution >= 0.6 is 11.6 Å². The molecule has 0 saturated carbocycles. The van der Waals surface area contributed by atoms with Gasteiger partial charge >= 0.3 is 5.69 Å². The van der Waals surface area contributed by atoms with Gasteiger partial charge in [0.1, 0.15) is 0 Å². The molecule has 0 atom stereocenters. The van der Waals surface area contributed by atoms with Crippen LogP contribution in [0.25, 0.3) is 0 Å². The molecule has 5 nitrogen and oxygen atoms in total. The number of rotatable bonds is 2. The summed E-state index contributed by atoms with van der Waals surface area (Å²) in [5, 5.41) is 0.435. The quantitative estimate of drug-likeness (QED) is 0.787. The highest BCUT2D eigenvalue weighted by Crippen LogP contribution is 2.13. The monoisotopic (exact) mass is 251 g/mol. The van der Waals surface area contributed by atoms with Gasteiger partial charge in [0.15, 0.2) is 0 Å².